The average Bonchev–Trinajstić information content (AvgIpc) is 2.87. The summed E-state index contributed by atoms with van der Waals surface area (Å²) in [5.41, 5.74) is 4.30. The van der Waals surface area contributed by atoms with Crippen molar-refractivity contribution in [3.05, 3.63) is 66.4 Å². The van der Waals surface area contributed by atoms with Crippen LogP contribution in [0.5, 0.6) is 0 Å². The van der Waals surface area contributed by atoms with Crippen LogP contribution < -0.4 is 15.5 Å². The zero-order chi connectivity index (χ0) is 23.4. The van der Waals surface area contributed by atoms with Gasteiger partial charge in [0.25, 0.3) is 5.91 Å². The Morgan fingerprint density at radius 2 is 1.91 bits per heavy atom. The fourth-order valence-corrected chi connectivity index (χ4v) is 4.51. The van der Waals surface area contributed by atoms with E-state index in [2.05, 4.69) is 37.6 Å². The first-order valence-corrected chi connectivity index (χ1v) is 11.5. The highest BCUT2D eigenvalue weighted by molar-refractivity contribution is 5.94. The number of nitrogens with zero attached hydrogens (tertiary/aromatic N) is 4. The van der Waals surface area contributed by atoms with E-state index < -0.39 is 0 Å². The maximum atomic E-state index is 12.0. The molecule has 8 heteroatoms. The summed E-state index contributed by atoms with van der Waals surface area (Å²) in [5.74, 6) is 0.224. The average molecular weight is 455 g/mol. The predicted molar refractivity (Wildman–Crippen MR) is 130 cm³/mol. The largest absolute Gasteiger partial charge is 0.373 e. The summed E-state index contributed by atoms with van der Waals surface area (Å²) in [7, 11) is 0. The molecule has 1 spiro atoms. The summed E-state index contributed by atoms with van der Waals surface area (Å²) in [4.78, 5) is 23.4. The maximum Gasteiger partial charge on any atom is 0.252 e. The Hall–Kier alpha value is -3.96. The Labute approximate surface area is 198 Å². The van der Waals surface area contributed by atoms with Crippen molar-refractivity contribution in [2.75, 3.05) is 36.5 Å². The number of nitriles is 1. The molecule has 0 radical (unpaired) electrons. The lowest BCUT2D eigenvalue weighted by molar-refractivity contribution is -0.150. The topological polar surface area (TPSA) is 103 Å². The van der Waals surface area contributed by atoms with Gasteiger partial charge >= 0.3 is 0 Å². The molecule has 1 atom stereocenters. The molecule has 8 nitrogen and oxygen atoms in total. The van der Waals surface area contributed by atoms with Crippen LogP contribution in [0.15, 0.2) is 60.8 Å². The van der Waals surface area contributed by atoms with Gasteiger partial charge in [0.05, 0.1) is 24.0 Å². The van der Waals surface area contributed by atoms with E-state index in [1.807, 2.05) is 36.4 Å². The van der Waals surface area contributed by atoms with Gasteiger partial charge in [-0.05, 0) is 55.3 Å². The van der Waals surface area contributed by atoms with Crippen molar-refractivity contribution in [1.82, 2.24) is 15.3 Å². The van der Waals surface area contributed by atoms with Gasteiger partial charge in [-0.15, -0.1) is 0 Å². The molecule has 3 heterocycles. The molecule has 2 aliphatic rings. The molecule has 2 saturated heterocycles. The first kappa shape index (κ1) is 21.9. The van der Waals surface area contributed by atoms with E-state index in [-0.39, 0.29) is 18.1 Å². The van der Waals surface area contributed by atoms with E-state index in [1.54, 1.807) is 18.3 Å². The highest BCUT2D eigenvalue weighted by atomic mass is 16.5. The monoisotopic (exact) mass is 454 g/mol. The lowest BCUT2D eigenvalue weighted by Crippen LogP contribution is -2.56. The van der Waals surface area contributed by atoms with Crippen LogP contribution in [-0.4, -0.2) is 47.7 Å². The summed E-state index contributed by atoms with van der Waals surface area (Å²) in [6.45, 7) is 2.89. The quantitative estimate of drug-likeness (QED) is 0.545. The van der Waals surface area contributed by atoms with Gasteiger partial charge in [0.15, 0.2) is 0 Å². The number of rotatable bonds is 6. The molecule has 0 saturated carbocycles. The van der Waals surface area contributed by atoms with E-state index in [4.69, 9.17) is 10.00 Å². The van der Waals surface area contributed by atoms with E-state index in [9.17, 15) is 4.79 Å². The van der Waals surface area contributed by atoms with Crippen molar-refractivity contribution in [3.63, 3.8) is 0 Å². The third-order valence-corrected chi connectivity index (χ3v) is 6.42. The van der Waals surface area contributed by atoms with Crippen LogP contribution in [-0.2, 0) is 4.74 Å². The molecule has 0 aliphatic carbocycles. The minimum atomic E-state index is -0.276. The Balaban J connectivity index is 1.24. The van der Waals surface area contributed by atoms with Crippen LogP contribution >= 0.6 is 0 Å². The molecule has 2 fully saturated rings. The molecule has 1 amide bonds. The number of carbonyl (C=O) groups excluding carboxylic acids is 1. The molecule has 2 aromatic carbocycles. The second-order valence-corrected chi connectivity index (χ2v) is 8.66. The Morgan fingerprint density at radius 3 is 2.62 bits per heavy atom. The standard InChI is InChI=1S/C26H26N6O2/c27-13-15-28-24(33)20-4-2-19(3-5-20)23-10-14-29-25(31-23)30-21-6-8-22(9-7-21)32-16-1-11-26(18-32)12-17-34-26/h2-10,14H,1,11-12,15-18H2,(H,28,33)(H,29,30,31). The third-order valence-electron chi connectivity index (χ3n) is 6.42. The molecular weight excluding hydrogens is 428 g/mol. The number of carbonyl (C=O) groups is 1. The number of amides is 1. The van der Waals surface area contributed by atoms with Gasteiger partial charge < -0.3 is 20.3 Å². The third kappa shape index (κ3) is 4.70. The van der Waals surface area contributed by atoms with E-state index in [0.29, 0.717) is 11.5 Å². The number of piperidine rings is 1. The number of aromatic nitrogens is 2. The van der Waals surface area contributed by atoms with Gasteiger partial charge in [-0.25, -0.2) is 9.97 Å². The van der Waals surface area contributed by atoms with Gasteiger partial charge in [0, 0.05) is 48.2 Å². The van der Waals surface area contributed by atoms with Crippen molar-refractivity contribution >= 4 is 23.2 Å². The number of benzene rings is 2. The lowest BCUT2D eigenvalue weighted by atomic mass is 9.85. The Bertz CT molecular complexity index is 1200. The second kappa shape index (κ2) is 9.49. The summed E-state index contributed by atoms with van der Waals surface area (Å²) in [6.07, 6.45) is 5.19. The van der Waals surface area contributed by atoms with E-state index >= 15 is 0 Å². The van der Waals surface area contributed by atoms with E-state index in [1.165, 1.54) is 5.69 Å². The molecule has 1 aromatic heterocycles. The van der Waals surface area contributed by atoms with Crippen molar-refractivity contribution in [3.8, 4) is 17.3 Å². The molecule has 172 valence electrons. The molecule has 3 aromatic rings. The number of nitrogens with one attached hydrogen (secondary N) is 2. The molecule has 34 heavy (non-hydrogen) atoms. The van der Waals surface area contributed by atoms with Gasteiger partial charge in [-0.2, -0.15) is 5.26 Å². The predicted octanol–water partition coefficient (Wildman–Crippen LogP) is 3.90. The first-order valence-electron chi connectivity index (χ1n) is 11.5. The Kier molecular flexibility index (Phi) is 6.11. The summed E-state index contributed by atoms with van der Waals surface area (Å²) in [5, 5.41) is 14.4. The normalized spacial score (nSPS) is 19.2. The summed E-state index contributed by atoms with van der Waals surface area (Å²) < 4.78 is 5.89. The summed E-state index contributed by atoms with van der Waals surface area (Å²) >= 11 is 0. The molecular formula is C26H26N6O2. The van der Waals surface area contributed by atoms with Gasteiger partial charge in [-0.1, -0.05) is 12.1 Å². The zero-order valence-electron chi connectivity index (χ0n) is 18.8. The van der Waals surface area contributed by atoms with Crippen molar-refractivity contribution in [2.45, 2.75) is 24.9 Å². The van der Waals surface area contributed by atoms with Crippen LogP contribution in [0.4, 0.5) is 17.3 Å². The second-order valence-electron chi connectivity index (χ2n) is 8.66. The number of hydrogen-bond acceptors (Lipinski definition) is 7. The van der Waals surface area contributed by atoms with E-state index in [0.717, 1.165) is 55.9 Å². The van der Waals surface area contributed by atoms with Crippen molar-refractivity contribution in [2.24, 2.45) is 0 Å². The molecule has 0 bridgehead atoms. The van der Waals surface area contributed by atoms with Crippen LogP contribution in [0.25, 0.3) is 11.3 Å². The van der Waals surface area contributed by atoms with Gasteiger partial charge in [0.1, 0.15) is 6.54 Å². The zero-order valence-corrected chi connectivity index (χ0v) is 18.8. The highest BCUT2D eigenvalue weighted by Crippen LogP contribution is 2.37. The van der Waals surface area contributed by atoms with Crippen LogP contribution in [0.2, 0.25) is 0 Å². The maximum absolute atomic E-state index is 12.0. The SMILES string of the molecule is N#CCNC(=O)c1ccc(-c2ccnc(Nc3ccc(N4CCCC5(CCO5)C4)cc3)n2)cc1. The lowest BCUT2D eigenvalue weighted by Gasteiger charge is -2.49. The molecule has 1 unspecified atom stereocenters. The summed E-state index contributed by atoms with van der Waals surface area (Å²) in [6, 6.07) is 19.2. The minimum absolute atomic E-state index is 0.0181. The molecule has 2 aliphatic heterocycles. The van der Waals surface area contributed by atoms with Gasteiger partial charge in [-0.3, -0.25) is 4.79 Å². The molecule has 5 rings (SSSR count). The van der Waals surface area contributed by atoms with Gasteiger partial charge in [0.2, 0.25) is 5.95 Å². The van der Waals surface area contributed by atoms with Crippen LogP contribution in [0.1, 0.15) is 29.6 Å². The van der Waals surface area contributed by atoms with Crippen LogP contribution in [0, 0.1) is 11.3 Å². The molecule has 2 N–H and O–H groups in total. The minimum Gasteiger partial charge on any atom is -0.373 e. The number of hydrogen-bond donors (Lipinski definition) is 2. The number of anilines is 3. The van der Waals surface area contributed by atoms with Crippen LogP contribution in [0.3, 0.4) is 0 Å². The smallest absolute Gasteiger partial charge is 0.252 e. The fourth-order valence-electron chi connectivity index (χ4n) is 4.51. The highest BCUT2D eigenvalue weighted by Gasteiger charge is 2.42. The fraction of sp³-hybridized carbons (Fsp3) is 0.308. The number of ether oxygens (including phenoxy) is 1. The van der Waals surface area contributed by atoms with Crippen molar-refractivity contribution < 1.29 is 9.53 Å². The first-order chi connectivity index (χ1) is 16.6. The van der Waals surface area contributed by atoms with Crippen molar-refractivity contribution in [1.29, 1.82) is 5.26 Å². The Morgan fingerprint density at radius 1 is 1.12 bits per heavy atom.